The van der Waals surface area contributed by atoms with Crippen molar-refractivity contribution >= 4 is 22.8 Å². The van der Waals surface area contributed by atoms with Gasteiger partial charge in [-0.05, 0) is 113 Å². The van der Waals surface area contributed by atoms with Crippen LogP contribution < -0.4 is 0 Å². The molecule has 0 aromatic heterocycles. The van der Waals surface area contributed by atoms with Crippen LogP contribution in [0.3, 0.4) is 0 Å². The first-order chi connectivity index (χ1) is 30.7. The number of hydrogen-bond donors (Lipinski definition) is 0. The number of aryl methyl sites for hydroxylation is 2. The molecule has 2 aromatic rings. The second-order valence-electron chi connectivity index (χ2n) is 18.7. The largest absolute Gasteiger partial charge is 0.251 e. The lowest BCUT2D eigenvalue weighted by molar-refractivity contribution is 0.545. The molecule has 0 spiro atoms. The predicted molar refractivity (Wildman–Crippen MR) is 282 cm³/mol. The van der Waals surface area contributed by atoms with E-state index in [-0.39, 0.29) is 0 Å². The van der Waals surface area contributed by atoms with E-state index in [1.165, 1.54) is 202 Å². The van der Waals surface area contributed by atoms with Crippen molar-refractivity contribution in [3.8, 4) is 0 Å². The lowest BCUT2D eigenvalue weighted by Gasteiger charge is -2.14. The molecular weight excluding hydrogens is 749 g/mol. The summed E-state index contributed by atoms with van der Waals surface area (Å²) < 4.78 is 0. The minimum absolute atomic E-state index is 0.987. The highest BCUT2D eigenvalue weighted by Gasteiger charge is 2.13. The summed E-state index contributed by atoms with van der Waals surface area (Å²) in [5.41, 5.74) is 7.44. The third-order valence-corrected chi connectivity index (χ3v) is 12.8. The molecule has 0 radical (unpaired) electrons. The Balaban J connectivity index is 1.85. The molecule has 62 heavy (non-hydrogen) atoms. The van der Waals surface area contributed by atoms with Gasteiger partial charge in [0.25, 0.3) is 0 Å². The van der Waals surface area contributed by atoms with E-state index in [2.05, 4.69) is 101 Å². The fraction of sp³-hybridized carbons (Fsp3) is 0.700. The summed E-state index contributed by atoms with van der Waals surface area (Å²) in [7, 11) is 0. The zero-order chi connectivity index (χ0) is 44.2. The normalized spacial score (nSPS) is 12.5. The smallest absolute Gasteiger partial charge is 0.0665 e. The fourth-order valence-corrected chi connectivity index (χ4v) is 8.67. The number of allylic oxidation sites excluding steroid dienone is 4. The van der Waals surface area contributed by atoms with Crippen LogP contribution in [0, 0.1) is 0 Å². The number of hydrogen-bond acceptors (Lipinski definition) is 2. The molecule has 0 amide bonds. The van der Waals surface area contributed by atoms with Crippen molar-refractivity contribution in [2.24, 2.45) is 9.98 Å². The quantitative estimate of drug-likeness (QED) is 0.0361. The van der Waals surface area contributed by atoms with Crippen LogP contribution in [0.5, 0.6) is 0 Å². The van der Waals surface area contributed by atoms with Crippen LogP contribution in [0.2, 0.25) is 0 Å². The molecule has 0 bridgehead atoms. The molecule has 0 atom stereocenters. The van der Waals surface area contributed by atoms with E-state index in [4.69, 9.17) is 9.98 Å². The van der Waals surface area contributed by atoms with E-state index in [1.807, 2.05) is 0 Å². The van der Waals surface area contributed by atoms with Gasteiger partial charge in [-0.2, -0.15) is 0 Å². The number of nitrogens with zero attached hydrogens (tertiary/aromatic N) is 2. The maximum atomic E-state index is 5.48. The number of unbranched alkanes of at least 4 members (excludes halogenated alkanes) is 28. The minimum atomic E-state index is 0.987. The van der Waals surface area contributed by atoms with Gasteiger partial charge in [0, 0.05) is 0 Å². The number of aliphatic imine (C=N–C) groups is 2. The van der Waals surface area contributed by atoms with Crippen molar-refractivity contribution in [1.82, 2.24) is 0 Å². The molecule has 2 aromatic carbocycles. The highest BCUT2D eigenvalue weighted by molar-refractivity contribution is 6.43. The Labute approximate surface area is 386 Å². The van der Waals surface area contributed by atoms with E-state index in [0.717, 1.165) is 75.6 Å². The van der Waals surface area contributed by atoms with Crippen LogP contribution in [0.15, 0.2) is 82.8 Å². The Bertz CT molecular complexity index is 1300. The van der Waals surface area contributed by atoms with Gasteiger partial charge in [-0.1, -0.05) is 242 Å². The summed E-state index contributed by atoms with van der Waals surface area (Å²) in [6.45, 7) is 9.20. The van der Waals surface area contributed by atoms with Crippen LogP contribution >= 0.6 is 0 Å². The standard InChI is InChI=1S/C60H100N2/c1-5-9-13-15-17-19-21-23-25-27-29-31-33-35-37-39-41-47-55-49-43-45-53-57(55)61-59(51-11-7-3)60(52-12-8-4)62-58-54-46-44-50-56(58)48-42-40-38-36-34-32-30-28-26-24-22-20-18-16-14-10-6-2/h35-38,43-46,49-50,53-54H,5-34,39-42,47-48,51-52H2,1-4H3. The Morgan fingerprint density at radius 2 is 0.597 bits per heavy atom. The summed E-state index contributed by atoms with van der Waals surface area (Å²) in [5.74, 6) is 0. The van der Waals surface area contributed by atoms with Gasteiger partial charge < -0.3 is 0 Å². The highest BCUT2D eigenvalue weighted by atomic mass is 14.8. The minimum Gasteiger partial charge on any atom is -0.251 e. The van der Waals surface area contributed by atoms with Crippen molar-refractivity contribution in [2.75, 3.05) is 0 Å². The van der Waals surface area contributed by atoms with Gasteiger partial charge in [0.1, 0.15) is 0 Å². The molecule has 350 valence electrons. The molecule has 0 heterocycles. The first-order valence-corrected chi connectivity index (χ1v) is 27.3. The molecular formula is C60H100N2. The summed E-state index contributed by atoms with van der Waals surface area (Å²) in [4.78, 5) is 11.0. The van der Waals surface area contributed by atoms with E-state index in [9.17, 15) is 0 Å². The average Bonchev–Trinajstić information content (AvgIpc) is 3.29. The fourth-order valence-electron chi connectivity index (χ4n) is 8.67. The van der Waals surface area contributed by atoms with Gasteiger partial charge in [0.15, 0.2) is 0 Å². The van der Waals surface area contributed by atoms with E-state index in [0.29, 0.717) is 0 Å². The maximum Gasteiger partial charge on any atom is 0.0665 e. The molecule has 2 rings (SSSR count). The molecule has 0 saturated heterocycles. The third kappa shape index (κ3) is 30.4. The molecule has 0 unspecified atom stereocenters. The average molecular weight is 849 g/mol. The molecule has 0 aliphatic heterocycles. The monoisotopic (exact) mass is 849 g/mol. The second kappa shape index (κ2) is 42.2. The third-order valence-electron chi connectivity index (χ3n) is 12.8. The van der Waals surface area contributed by atoms with Crippen LogP contribution in [0.25, 0.3) is 0 Å². The first-order valence-electron chi connectivity index (χ1n) is 27.3. The second-order valence-corrected chi connectivity index (χ2v) is 18.7. The predicted octanol–water partition coefficient (Wildman–Crippen LogP) is 20.9. The van der Waals surface area contributed by atoms with E-state index in [1.54, 1.807) is 0 Å². The Hall–Kier alpha value is -2.74. The van der Waals surface area contributed by atoms with Crippen LogP contribution in [0.1, 0.15) is 270 Å². The zero-order valence-electron chi connectivity index (χ0n) is 41.7. The van der Waals surface area contributed by atoms with E-state index < -0.39 is 0 Å². The summed E-state index contributed by atoms with van der Waals surface area (Å²) in [5, 5.41) is 0. The van der Waals surface area contributed by atoms with Crippen molar-refractivity contribution in [1.29, 1.82) is 0 Å². The summed E-state index contributed by atoms with van der Waals surface area (Å²) in [6.07, 6.45) is 59.6. The van der Waals surface area contributed by atoms with Gasteiger partial charge in [-0.3, -0.25) is 9.98 Å². The Kier molecular flexibility index (Phi) is 37.7. The highest BCUT2D eigenvalue weighted by Crippen LogP contribution is 2.26. The van der Waals surface area contributed by atoms with Crippen LogP contribution in [-0.2, 0) is 12.8 Å². The van der Waals surface area contributed by atoms with Crippen molar-refractivity contribution in [3.05, 3.63) is 84.0 Å². The molecule has 2 heteroatoms. The van der Waals surface area contributed by atoms with Gasteiger partial charge >= 0.3 is 0 Å². The van der Waals surface area contributed by atoms with Gasteiger partial charge in [0.2, 0.25) is 0 Å². The molecule has 0 saturated carbocycles. The zero-order valence-corrected chi connectivity index (χ0v) is 41.7. The topological polar surface area (TPSA) is 24.7 Å². The van der Waals surface area contributed by atoms with Gasteiger partial charge in [-0.15, -0.1) is 0 Å². The lowest BCUT2D eigenvalue weighted by atomic mass is 10.0. The van der Waals surface area contributed by atoms with Crippen molar-refractivity contribution in [3.63, 3.8) is 0 Å². The van der Waals surface area contributed by atoms with Gasteiger partial charge in [-0.25, -0.2) is 0 Å². The molecule has 0 N–H and O–H groups in total. The van der Waals surface area contributed by atoms with Crippen molar-refractivity contribution < 1.29 is 0 Å². The first kappa shape index (κ1) is 55.4. The Morgan fingerprint density at radius 3 is 0.919 bits per heavy atom. The maximum absolute atomic E-state index is 5.48. The van der Waals surface area contributed by atoms with Crippen LogP contribution in [-0.4, -0.2) is 11.4 Å². The number of para-hydroxylation sites is 2. The number of benzene rings is 2. The van der Waals surface area contributed by atoms with Crippen molar-refractivity contribution in [2.45, 2.75) is 272 Å². The molecule has 2 nitrogen and oxygen atoms in total. The lowest BCUT2D eigenvalue weighted by Crippen LogP contribution is -2.14. The number of rotatable bonds is 43. The molecule has 0 aliphatic rings. The molecule has 0 aliphatic carbocycles. The Morgan fingerprint density at radius 1 is 0.323 bits per heavy atom. The van der Waals surface area contributed by atoms with Crippen LogP contribution in [0.4, 0.5) is 11.4 Å². The van der Waals surface area contributed by atoms with Gasteiger partial charge in [0.05, 0.1) is 22.8 Å². The van der Waals surface area contributed by atoms with E-state index >= 15 is 0 Å². The molecule has 0 fully saturated rings. The SMILES string of the molecule is CCCCCCCCCCCCCCC=CCCCc1ccccc1N=C(CCCC)C(CCCC)=Nc1ccccc1CCCC=CCCCCCCCCCCCCCC. The summed E-state index contributed by atoms with van der Waals surface area (Å²) in [6, 6.07) is 17.8. The summed E-state index contributed by atoms with van der Waals surface area (Å²) >= 11 is 0.